The number of thioether (sulfide) groups is 1. The van der Waals surface area contributed by atoms with Crippen LogP contribution in [-0.2, 0) is 23.9 Å². The summed E-state index contributed by atoms with van der Waals surface area (Å²) < 4.78 is 15.6. The van der Waals surface area contributed by atoms with Crippen molar-refractivity contribution in [3.63, 3.8) is 0 Å². The van der Waals surface area contributed by atoms with Gasteiger partial charge in [0.25, 0.3) is 5.91 Å². The van der Waals surface area contributed by atoms with Crippen LogP contribution in [0.15, 0.2) is 36.4 Å². The van der Waals surface area contributed by atoms with Crippen LogP contribution in [0.5, 0.6) is 5.75 Å². The van der Waals surface area contributed by atoms with Crippen molar-refractivity contribution < 1.29 is 33.4 Å². The average molecular weight is 537 g/mol. The molecule has 3 heterocycles. The van der Waals surface area contributed by atoms with E-state index >= 15 is 0 Å². The van der Waals surface area contributed by atoms with Gasteiger partial charge in [0.15, 0.2) is 0 Å². The van der Waals surface area contributed by atoms with E-state index in [0.29, 0.717) is 17.9 Å². The molecule has 0 unspecified atom stereocenters. The maximum Gasteiger partial charge on any atom is 0.337 e. The summed E-state index contributed by atoms with van der Waals surface area (Å²) in [6.45, 7) is 8.21. The molecule has 10 heteroatoms. The zero-order valence-corrected chi connectivity index (χ0v) is 22.9. The maximum absolute atomic E-state index is 14.5. The highest BCUT2D eigenvalue weighted by molar-refractivity contribution is 8.02. The second-order valence-corrected chi connectivity index (χ2v) is 11.0. The van der Waals surface area contributed by atoms with Crippen LogP contribution in [-0.4, -0.2) is 55.9 Å². The largest absolute Gasteiger partial charge is 0.494 e. The Kier molecular flexibility index (Phi) is 6.05. The van der Waals surface area contributed by atoms with Crippen LogP contribution in [0.4, 0.5) is 11.4 Å². The van der Waals surface area contributed by atoms with Gasteiger partial charge < -0.3 is 14.2 Å². The van der Waals surface area contributed by atoms with Crippen LogP contribution in [0.2, 0.25) is 0 Å². The Morgan fingerprint density at radius 1 is 0.974 bits per heavy atom. The van der Waals surface area contributed by atoms with Gasteiger partial charge in [0.1, 0.15) is 5.75 Å². The summed E-state index contributed by atoms with van der Waals surface area (Å²) in [5.41, 5.74) is 2.87. The third-order valence-electron chi connectivity index (χ3n) is 7.03. The molecule has 3 aliphatic heterocycles. The topological polar surface area (TPSA) is 102 Å². The van der Waals surface area contributed by atoms with Crippen molar-refractivity contribution in [1.29, 1.82) is 0 Å². The number of allylic oxidation sites excluding steroid dienone is 1. The number of esters is 2. The standard InChI is InChI=1S/C28H28N2O7S/c1-7-37-19-11-20-15(2)13-27(3,4)30-23(20)21(12-19)28(26(30)34)29(22(31)14-38-28)18-9-16(24(32)35-5)8-17(10-18)25(33)36-6/h8-13H,7,14H2,1-6H3/t28-/m0/s1. The number of hydrogen-bond donors (Lipinski definition) is 0. The van der Waals surface area contributed by atoms with Crippen LogP contribution < -0.4 is 14.5 Å². The second kappa shape index (κ2) is 8.90. The highest BCUT2D eigenvalue weighted by Gasteiger charge is 2.64. The Labute approximate surface area is 224 Å². The Hall–Kier alpha value is -3.79. The quantitative estimate of drug-likeness (QED) is 0.526. The molecule has 1 spiro atoms. The van der Waals surface area contributed by atoms with Crippen molar-refractivity contribution in [3.05, 3.63) is 58.7 Å². The van der Waals surface area contributed by atoms with Gasteiger partial charge in [-0.1, -0.05) is 6.08 Å². The van der Waals surface area contributed by atoms with Crippen molar-refractivity contribution in [2.75, 3.05) is 36.4 Å². The Bertz CT molecular complexity index is 1410. The van der Waals surface area contributed by atoms with Gasteiger partial charge in [-0.2, -0.15) is 0 Å². The molecule has 0 bridgehead atoms. The van der Waals surface area contributed by atoms with E-state index in [2.05, 4.69) is 0 Å². The summed E-state index contributed by atoms with van der Waals surface area (Å²) in [6.07, 6.45) is 2.03. The summed E-state index contributed by atoms with van der Waals surface area (Å²) in [6, 6.07) is 8.00. The molecule has 1 atom stereocenters. The molecule has 2 aromatic carbocycles. The number of rotatable bonds is 5. The van der Waals surface area contributed by atoms with E-state index in [1.807, 2.05) is 45.9 Å². The van der Waals surface area contributed by atoms with E-state index in [1.165, 1.54) is 49.1 Å². The molecule has 0 radical (unpaired) electrons. The molecule has 0 aromatic heterocycles. The number of hydrogen-bond acceptors (Lipinski definition) is 8. The molecule has 3 aliphatic rings. The number of nitrogens with zero attached hydrogens (tertiary/aromatic N) is 2. The molecule has 0 aliphatic carbocycles. The van der Waals surface area contributed by atoms with Crippen molar-refractivity contribution in [3.8, 4) is 5.75 Å². The predicted molar refractivity (Wildman–Crippen MR) is 144 cm³/mol. The van der Waals surface area contributed by atoms with E-state index < -0.39 is 22.3 Å². The number of fused-ring (bicyclic) bond motifs is 1. The van der Waals surface area contributed by atoms with Crippen LogP contribution in [0.1, 0.15) is 59.5 Å². The van der Waals surface area contributed by atoms with Gasteiger partial charge in [-0.15, -0.1) is 11.8 Å². The number of benzene rings is 2. The van der Waals surface area contributed by atoms with Gasteiger partial charge in [0.05, 0.1) is 48.9 Å². The van der Waals surface area contributed by atoms with Crippen LogP contribution in [0.3, 0.4) is 0 Å². The summed E-state index contributed by atoms with van der Waals surface area (Å²) in [7, 11) is 2.45. The first-order valence-corrected chi connectivity index (χ1v) is 13.1. The number of methoxy groups -OCH3 is 2. The zero-order valence-electron chi connectivity index (χ0n) is 22.0. The molecule has 9 nitrogen and oxygen atoms in total. The third kappa shape index (κ3) is 3.53. The number of carbonyl (C=O) groups excluding carboxylic acids is 4. The zero-order chi connectivity index (χ0) is 27.6. The van der Waals surface area contributed by atoms with E-state index in [-0.39, 0.29) is 34.4 Å². The molecule has 1 fully saturated rings. The average Bonchev–Trinajstić information content (AvgIpc) is 3.36. The summed E-state index contributed by atoms with van der Waals surface area (Å²) in [4.78, 5) is 54.8. The number of ether oxygens (including phenoxy) is 3. The lowest BCUT2D eigenvalue weighted by atomic mass is 9.89. The normalized spacial score (nSPS) is 20.9. The highest BCUT2D eigenvalue weighted by Crippen LogP contribution is 2.61. The number of anilines is 2. The fourth-order valence-electron chi connectivity index (χ4n) is 5.61. The Morgan fingerprint density at radius 3 is 2.18 bits per heavy atom. The van der Waals surface area contributed by atoms with E-state index in [0.717, 1.165) is 16.8 Å². The van der Waals surface area contributed by atoms with Gasteiger partial charge >= 0.3 is 11.9 Å². The first-order valence-electron chi connectivity index (χ1n) is 12.1. The molecule has 0 N–H and O–H groups in total. The van der Waals surface area contributed by atoms with Crippen LogP contribution in [0.25, 0.3) is 5.57 Å². The van der Waals surface area contributed by atoms with Crippen LogP contribution in [0, 0.1) is 0 Å². The number of carbonyl (C=O) groups is 4. The SMILES string of the molecule is CCOc1cc2c3c(c1)[C@]1(SCC(=O)N1c1cc(C(=O)OC)cc(C(=O)OC)c1)C(=O)N3C(C)(C)C=C2C. The molecule has 38 heavy (non-hydrogen) atoms. The van der Waals surface area contributed by atoms with E-state index in [4.69, 9.17) is 14.2 Å². The monoisotopic (exact) mass is 536 g/mol. The smallest absolute Gasteiger partial charge is 0.337 e. The highest BCUT2D eigenvalue weighted by atomic mass is 32.2. The lowest BCUT2D eigenvalue weighted by molar-refractivity contribution is -0.124. The molecule has 0 saturated carbocycles. The predicted octanol–water partition coefficient (Wildman–Crippen LogP) is 4.13. The first kappa shape index (κ1) is 25.8. The van der Waals surface area contributed by atoms with Crippen molar-refractivity contribution in [1.82, 2.24) is 0 Å². The lowest BCUT2D eigenvalue weighted by Crippen LogP contribution is -2.55. The minimum absolute atomic E-state index is 0.0239. The van der Waals surface area contributed by atoms with E-state index in [1.54, 1.807) is 4.90 Å². The van der Waals surface area contributed by atoms with Gasteiger partial charge in [-0.3, -0.25) is 19.4 Å². The minimum Gasteiger partial charge on any atom is -0.494 e. The summed E-state index contributed by atoms with van der Waals surface area (Å²) in [5.74, 6) is -1.39. The van der Waals surface area contributed by atoms with Gasteiger partial charge in [-0.05, 0) is 63.6 Å². The molecule has 2 aromatic rings. The maximum atomic E-state index is 14.5. The molecule has 5 rings (SSSR count). The van der Waals surface area contributed by atoms with Crippen molar-refractivity contribution >= 4 is 52.5 Å². The summed E-state index contributed by atoms with van der Waals surface area (Å²) >= 11 is 1.21. The lowest BCUT2D eigenvalue weighted by Gasteiger charge is -2.40. The van der Waals surface area contributed by atoms with Crippen molar-refractivity contribution in [2.45, 2.75) is 38.1 Å². The van der Waals surface area contributed by atoms with E-state index in [9.17, 15) is 19.2 Å². The summed E-state index contributed by atoms with van der Waals surface area (Å²) in [5, 5.41) is 0. The number of amides is 2. The molecule has 198 valence electrons. The third-order valence-corrected chi connectivity index (χ3v) is 8.42. The Morgan fingerprint density at radius 2 is 1.61 bits per heavy atom. The fraction of sp³-hybridized carbons (Fsp3) is 0.357. The van der Waals surface area contributed by atoms with Crippen LogP contribution >= 0.6 is 11.8 Å². The molecular formula is C28H28N2O7S. The van der Waals surface area contributed by atoms with Gasteiger partial charge in [-0.25, -0.2) is 9.59 Å². The first-order chi connectivity index (χ1) is 18.0. The second-order valence-electron chi connectivity index (χ2n) is 9.84. The molecular weight excluding hydrogens is 508 g/mol. The molecule has 2 amide bonds. The Balaban J connectivity index is 1.80. The minimum atomic E-state index is -1.47. The molecule has 1 saturated heterocycles. The van der Waals surface area contributed by atoms with Crippen molar-refractivity contribution in [2.24, 2.45) is 0 Å². The van der Waals surface area contributed by atoms with Gasteiger partial charge in [0.2, 0.25) is 10.8 Å². The van der Waals surface area contributed by atoms with Gasteiger partial charge in [0, 0.05) is 16.8 Å². The fourth-order valence-corrected chi connectivity index (χ4v) is 6.94.